The second kappa shape index (κ2) is 6.67. The number of aromatic nitrogens is 1. The fraction of sp³-hybridized carbons (Fsp3) is 0.214. The predicted octanol–water partition coefficient (Wildman–Crippen LogP) is 1.32. The maximum Gasteiger partial charge on any atom is 0.269 e. The van der Waals surface area contributed by atoms with Crippen molar-refractivity contribution in [2.24, 2.45) is 0 Å². The predicted molar refractivity (Wildman–Crippen MR) is 74.9 cm³/mol. The SMILES string of the molecule is N=c1ccccn1CC(O)COc1ccc([N+](=O)[O-])cc1. The molecule has 0 amide bonds. The van der Waals surface area contributed by atoms with Gasteiger partial charge in [0.1, 0.15) is 23.9 Å². The summed E-state index contributed by atoms with van der Waals surface area (Å²) in [6, 6.07) is 10.8. The summed E-state index contributed by atoms with van der Waals surface area (Å²) >= 11 is 0. The van der Waals surface area contributed by atoms with Crippen molar-refractivity contribution in [3.63, 3.8) is 0 Å². The number of non-ortho nitro benzene ring substituents is 1. The fourth-order valence-electron chi connectivity index (χ4n) is 1.77. The smallest absolute Gasteiger partial charge is 0.269 e. The van der Waals surface area contributed by atoms with Crippen LogP contribution in [0.3, 0.4) is 0 Å². The van der Waals surface area contributed by atoms with Crippen molar-refractivity contribution in [3.8, 4) is 5.75 Å². The number of benzene rings is 1. The number of nitro benzene ring substituents is 1. The van der Waals surface area contributed by atoms with E-state index >= 15 is 0 Å². The number of aliphatic hydroxyl groups is 1. The summed E-state index contributed by atoms with van der Waals surface area (Å²) in [6.07, 6.45) is 0.925. The lowest BCUT2D eigenvalue weighted by Crippen LogP contribution is -2.29. The van der Waals surface area contributed by atoms with Crippen LogP contribution in [0.2, 0.25) is 0 Å². The third-order valence-electron chi connectivity index (χ3n) is 2.84. The number of ether oxygens (including phenoxy) is 1. The fourth-order valence-corrected chi connectivity index (χ4v) is 1.77. The highest BCUT2D eigenvalue weighted by Gasteiger charge is 2.08. The molecule has 0 aliphatic carbocycles. The average molecular weight is 289 g/mol. The molecule has 21 heavy (non-hydrogen) atoms. The topological polar surface area (TPSA) is 101 Å². The molecule has 0 saturated heterocycles. The Morgan fingerprint density at radius 3 is 2.62 bits per heavy atom. The summed E-state index contributed by atoms with van der Waals surface area (Å²) in [4.78, 5) is 10.0. The molecule has 7 heteroatoms. The molecule has 2 aromatic rings. The molecule has 1 heterocycles. The summed E-state index contributed by atoms with van der Waals surface area (Å²) in [5.74, 6) is 0.448. The first-order valence-corrected chi connectivity index (χ1v) is 6.31. The van der Waals surface area contributed by atoms with Crippen molar-refractivity contribution in [3.05, 3.63) is 64.3 Å². The Morgan fingerprint density at radius 2 is 2.00 bits per heavy atom. The lowest BCUT2D eigenvalue weighted by atomic mass is 10.3. The first kappa shape index (κ1) is 14.7. The first-order chi connectivity index (χ1) is 10.1. The number of nitro groups is 1. The van der Waals surface area contributed by atoms with Gasteiger partial charge in [-0.2, -0.15) is 0 Å². The van der Waals surface area contributed by atoms with Gasteiger partial charge in [-0.1, -0.05) is 6.07 Å². The van der Waals surface area contributed by atoms with Gasteiger partial charge >= 0.3 is 0 Å². The summed E-state index contributed by atoms with van der Waals surface area (Å²) in [7, 11) is 0. The van der Waals surface area contributed by atoms with E-state index in [-0.39, 0.29) is 18.8 Å². The molecule has 2 rings (SSSR count). The molecule has 1 atom stereocenters. The average Bonchev–Trinajstić information content (AvgIpc) is 2.48. The minimum absolute atomic E-state index is 0.0124. The molecule has 0 spiro atoms. The van der Waals surface area contributed by atoms with Gasteiger partial charge in [0.05, 0.1) is 11.5 Å². The maximum absolute atomic E-state index is 10.5. The van der Waals surface area contributed by atoms with Gasteiger partial charge in [0.25, 0.3) is 5.69 Å². The van der Waals surface area contributed by atoms with Crippen LogP contribution < -0.4 is 10.2 Å². The molecular formula is C14H15N3O4. The van der Waals surface area contributed by atoms with E-state index in [1.165, 1.54) is 24.3 Å². The van der Waals surface area contributed by atoms with Gasteiger partial charge in [-0.05, 0) is 24.3 Å². The van der Waals surface area contributed by atoms with Crippen molar-refractivity contribution in [1.82, 2.24) is 4.57 Å². The largest absolute Gasteiger partial charge is 0.491 e. The van der Waals surface area contributed by atoms with Gasteiger partial charge in [0, 0.05) is 18.3 Å². The Labute approximate surface area is 120 Å². The van der Waals surface area contributed by atoms with E-state index in [0.717, 1.165) is 0 Å². The third-order valence-corrected chi connectivity index (χ3v) is 2.84. The van der Waals surface area contributed by atoms with Crippen molar-refractivity contribution >= 4 is 5.69 Å². The number of hydrogen-bond donors (Lipinski definition) is 2. The monoisotopic (exact) mass is 289 g/mol. The quantitative estimate of drug-likeness (QED) is 0.618. The normalized spacial score (nSPS) is 11.9. The lowest BCUT2D eigenvalue weighted by Gasteiger charge is -2.14. The second-order valence-electron chi connectivity index (χ2n) is 4.45. The number of rotatable bonds is 6. The van der Waals surface area contributed by atoms with Gasteiger partial charge in [0.2, 0.25) is 0 Å². The van der Waals surface area contributed by atoms with Gasteiger partial charge in [-0.25, -0.2) is 0 Å². The summed E-state index contributed by atoms with van der Waals surface area (Å²) in [5.41, 5.74) is 0.286. The maximum atomic E-state index is 10.5. The van der Waals surface area contributed by atoms with Gasteiger partial charge in [-0.15, -0.1) is 0 Å². The van der Waals surface area contributed by atoms with Crippen LogP contribution in [-0.2, 0) is 6.54 Å². The zero-order valence-electron chi connectivity index (χ0n) is 11.2. The van der Waals surface area contributed by atoms with Crippen molar-refractivity contribution in [2.75, 3.05) is 6.61 Å². The van der Waals surface area contributed by atoms with E-state index in [0.29, 0.717) is 11.2 Å². The van der Waals surface area contributed by atoms with E-state index in [4.69, 9.17) is 10.1 Å². The van der Waals surface area contributed by atoms with Crippen molar-refractivity contribution < 1.29 is 14.8 Å². The highest BCUT2D eigenvalue weighted by Crippen LogP contribution is 2.17. The molecule has 2 N–H and O–H groups in total. The van der Waals surface area contributed by atoms with E-state index in [2.05, 4.69) is 0 Å². The van der Waals surface area contributed by atoms with Crippen molar-refractivity contribution in [2.45, 2.75) is 12.6 Å². The van der Waals surface area contributed by atoms with E-state index in [1.807, 2.05) is 0 Å². The van der Waals surface area contributed by atoms with Crippen LogP contribution in [0.5, 0.6) is 5.75 Å². The Bertz CT molecular complexity index is 666. The Kier molecular flexibility index (Phi) is 4.68. The molecule has 7 nitrogen and oxygen atoms in total. The molecule has 0 fully saturated rings. The summed E-state index contributed by atoms with van der Waals surface area (Å²) in [5, 5.41) is 28.1. The molecule has 110 valence electrons. The molecule has 0 saturated carbocycles. The van der Waals surface area contributed by atoms with Gasteiger partial charge in [-0.3, -0.25) is 15.5 Å². The first-order valence-electron chi connectivity index (χ1n) is 6.31. The molecule has 0 bridgehead atoms. The van der Waals surface area contributed by atoms with Crippen LogP contribution in [0.15, 0.2) is 48.7 Å². The molecule has 0 radical (unpaired) electrons. The van der Waals surface area contributed by atoms with E-state index in [9.17, 15) is 15.2 Å². The number of aliphatic hydroxyl groups excluding tert-OH is 1. The Hall–Kier alpha value is -2.67. The second-order valence-corrected chi connectivity index (χ2v) is 4.45. The zero-order chi connectivity index (χ0) is 15.2. The molecule has 1 unspecified atom stereocenters. The standard InChI is InChI=1S/C14H15N3O4/c15-14-3-1-2-8-16(14)9-12(18)10-21-13-6-4-11(5-7-13)17(19)20/h1-8,12,15,18H,9-10H2. The van der Waals surface area contributed by atoms with Crippen LogP contribution in [0, 0.1) is 15.5 Å². The summed E-state index contributed by atoms with van der Waals surface area (Å²) in [6.45, 7) is 0.284. The van der Waals surface area contributed by atoms with Gasteiger partial charge in [0.15, 0.2) is 0 Å². The molecule has 1 aromatic carbocycles. The zero-order valence-corrected chi connectivity index (χ0v) is 11.2. The van der Waals surface area contributed by atoms with Crippen LogP contribution in [0.1, 0.15) is 0 Å². The minimum Gasteiger partial charge on any atom is -0.491 e. The summed E-state index contributed by atoms with van der Waals surface area (Å²) < 4.78 is 6.97. The highest BCUT2D eigenvalue weighted by molar-refractivity contribution is 5.35. The Balaban J connectivity index is 1.89. The molecule has 1 aromatic heterocycles. The number of pyridine rings is 1. The van der Waals surface area contributed by atoms with Crippen LogP contribution in [0.25, 0.3) is 0 Å². The molecule has 0 aliphatic heterocycles. The van der Waals surface area contributed by atoms with Crippen LogP contribution in [0.4, 0.5) is 5.69 Å². The molecule has 0 aliphatic rings. The number of nitrogens with zero attached hydrogens (tertiary/aromatic N) is 2. The van der Waals surface area contributed by atoms with Gasteiger partial charge < -0.3 is 14.4 Å². The van der Waals surface area contributed by atoms with E-state index in [1.54, 1.807) is 29.0 Å². The highest BCUT2D eigenvalue weighted by atomic mass is 16.6. The Morgan fingerprint density at radius 1 is 1.29 bits per heavy atom. The third kappa shape index (κ3) is 4.15. The van der Waals surface area contributed by atoms with Crippen molar-refractivity contribution in [1.29, 1.82) is 5.41 Å². The van der Waals surface area contributed by atoms with Crippen LogP contribution in [-0.4, -0.2) is 27.3 Å². The number of hydrogen-bond acceptors (Lipinski definition) is 5. The molecular weight excluding hydrogens is 274 g/mol. The van der Waals surface area contributed by atoms with E-state index < -0.39 is 11.0 Å². The van der Waals surface area contributed by atoms with Crippen LogP contribution >= 0.6 is 0 Å². The minimum atomic E-state index is -0.781. The lowest BCUT2D eigenvalue weighted by molar-refractivity contribution is -0.384. The number of nitrogens with one attached hydrogen (secondary N) is 1.